The van der Waals surface area contributed by atoms with E-state index >= 15 is 0 Å². The van der Waals surface area contributed by atoms with Gasteiger partial charge >= 0.3 is 5.97 Å². The van der Waals surface area contributed by atoms with Gasteiger partial charge in [-0.05, 0) is 30.2 Å². The summed E-state index contributed by atoms with van der Waals surface area (Å²) >= 11 is 0. The van der Waals surface area contributed by atoms with E-state index in [2.05, 4.69) is 0 Å². The van der Waals surface area contributed by atoms with Crippen LogP contribution in [0.25, 0.3) is 0 Å². The minimum Gasteiger partial charge on any atom is -0.454 e. The number of ether oxygens (including phenoxy) is 1. The SMILES string of the molecule is CC(C)[C@@H](C(=O)OCC(=O)N(CCC#N)c1ccccc1)N1C(=O)c2ccccc2C1=O. The van der Waals surface area contributed by atoms with Crippen molar-refractivity contribution in [3.63, 3.8) is 0 Å². The Bertz CT molecular complexity index is 1040. The maximum absolute atomic E-state index is 12.9. The van der Waals surface area contributed by atoms with Crippen molar-refractivity contribution in [1.29, 1.82) is 5.26 Å². The van der Waals surface area contributed by atoms with E-state index in [1.54, 1.807) is 56.3 Å². The van der Waals surface area contributed by atoms with Crippen molar-refractivity contribution in [2.24, 2.45) is 5.92 Å². The summed E-state index contributed by atoms with van der Waals surface area (Å²) in [5, 5.41) is 8.90. The largest absolute Gasteiger partial charge is 0.454 e. The van der Waals surface area contributed by atoms with Crippen LogP contribution in [-0.2, 0) is 14.3 Å². The summed E-state index contributed by atoms with van der Waals surface area (Å²) < 4.78 is 5.26. The van der Waals surface area contributed by atoms with E-state index in [1.807, 2.05) is 6.07 Å². The number of amides is 3. The van der Waals surface area contributed by atoms with Gasteiger partial charge in [-0.25, -0.2) is 4.79 Å². The molecule has 0 unspecified atom stereocenters. The molecule has 8 nitrogen and oxygen atoms in total. The van der Waals surface area contributed by atoms with Crippen molar-refractivity contribution < 1.29 is 23.9 Å². The van der Waals surface area contributed by atoms with E-state index in [9.17, 15) is 19.2 Å². The van der Waals surface area contributed by atoms with Gasteiger partial charge in [-0.15, -0.1) is 0 Å². The third-order valence-electron chi connectivity index (χ3n) is 5.13. The molecule has 8 heteroatoms. The topological polar surface area (TPSA) is 108 Å². The van der Waals surface area contributed by atoms with Crippen LogP contribution in [0.1, 0.15) is 41.0 Å². The van der Waals surface area contributed by atoms with Crippen LogP contribution in [-0.4, -0.2) is 47.8 Å². The lowest BCUT2D eigenvalue weighted by Gasteiger charge is -2.28. The zero-order valence-corrected chi connectivity index (χ0v) is 17.9. The number of nitriles is 1. The molecule has 0 N–H and O–H groups in total. The molecular weight excluding hydrogens is 410 g/mol. The molecule has 0 aliphatic carbocycles. The number of imide groups is 1. The maximum Gasteiger partial charge on any atom is 0.330 e. The van der Waals surface area contributed by atoms with E-state index in [4.69, 9.17) is 10.00 Å². The third-order valence-corrected chi connectivity index (χ3v) is 5.13. The van der Waals surface area contributed by atoms with Gasteiger partial charge in [0.05, 0.1) is 23.6 Å². The summed E-state index contributed by atoms with van der Waals surface area (Å²) in [5.74, 6) is -2.90. The average molecular weight is 433 g/mol. The molecule has 2 aromatic rings. The van der Waals surface area contributed by atoms with Crippen LogP contribution in [0.2, 0.25) is 0 Å². The van der Waals surface area contributed by atoms with Crippen molar-refractivity contribution >= 4 is 29.4 Å². The highest BCUT2D eigenvalue weighted by Gasteiger charge is 2.44. The summed E-state index contributed by atoms with van der Waals surface area (Å²) in [5.41, 5.74) is 1.04. The number of esters is 1. The number of hydrogen-bond donors (Lipinski definition) is 0. The Kier molecular flexibility index (Phi) is 7.00. The van der Waals surface area contributed by atoms with Gasteiger partial charge in [-0.1, -0.05) is 44.2 Å². The first kappa shape index (κ1) is 22.7. The lowest BCUT2D eigenvalue weighted by Crippen LogP contribution is -2.49. The quantitative estimate of drug-likeness (QED) is 0.468. The van der Waals surface area contributed by atoms with E-state index in [0.717, 1.165) is 4.90 Å². The number of carbonyl (C=O) groups excluding carboxylic acids is 4. The smallest absolute Gasteiger partial charge is 0.330 e. The molecule has 0 saturated heterocycles. The van der Waals surface area contributed by atoms with Crippen LogP contribution in [0.3, 0.4) is 0 Å². The molecule has 3 rings (SSSR count). The van der Waals surface area contributed by atoms with Crippen LogP contribution < -0.4 is 4.90 Å². The van der Waals surface area contributed by atoms with E-state index in [1.165, 1.54) is 17.0 Å². The lowest BCUT2D eigenvalue weighted by atomic mass is 10.0. The summed E-state index contributed by atoms with van der Waals surface area (Å²) in [6, 6.07) is 15.9. The Morgan fingerprint density at radius 1 is 1.00 bits per heavy atom. The molecule has 32 heavy (non-hydrogen) atoms. The molecule has 0 fully saturated rings. The van der Waals surface area contributed by atoms with Crippen LogP contribution in [0.4, 0.5) is 5.69 Å². The number of para-hydroxylation sites is 1. The number of rotatable bonds is 8. The number of benzene rings is 2. The lowest BCUT2D eigenvalue weighted by molar-refractivity contribution is -0.153. The van der Waals surface area contributed by atoms with Crippen LogP contribution in [0, 0.1) is 17.2 Å². The van der Waals surface area contributed by atoms with Gasteiger partial charge in [0.15, 0.2) is 6.61 Å². The van der Waals surface area contributed by atoms with Gasteiger partial charge in [-0.3, -0.25) is 19.3 Å². The predicted octanol–water partition coefficient (Wildman–Crippen LogP) is 2.80. The maximum atomic E-state index is 12.9. The van der Waals surface area contributed by atoms with Crippen molar-refractivity contribution in [2.45, 2.75) is 26.3 Å². The summed E-state index contributed by atoms with van der Waals surface area (Å²) in [6.45, 7) is 2.95. The van der Waals surface area contributed by atoms with Crippen molar-refractivity contribution in [3.05, 3.63) is 65.7 Å². The summed E-state index contributed by atoms with van der Waals surface area (Å²) in [6.07, 6.45) is 0.109. The van der Waals surface area contributed by atoms with Gasteiger partial charge in [0, 0.05) is 12.2 Å². The third kappa shape index (κ3) is 4.52. The molecular formula is C24H23N3O5. The van der Waals surface area contributed by atoms with Gasteiger partial charge < -0.3 is 9.64 Å². The van der Waals surface area contributed by atoms with Gasteiger partial charge in [0.1, 0.15) is 6.04 Å². The molecule has 0 saturated carbocycles. The predicted molar refractivity (Wildman–Crippen MR) is 116 cm³/mol. The fraction of sp³-hybridized carbons (Fsp3) is 0.292. The fourth-order valence-corrected chi connectivity index (χ4v) is 3.60. The Labute approximate surface area is 186 Å². The Morgan fingerprint density at radius 3 is 2.09 bits per heavy atom. The van der Waals surface area contributed by atoms with Crippen molar-refractivity contribution in [3.8, 4) is 6.07 Å². The Balaban J connectivity index is 1.74. The summed E-state index contributed by atoms with van der Waals surface area (Å²) in [4.78, 5) is 53.5. The Morgan fingerprint density at radius 2 is 1.56 bits per heavy atom. The monoisotopic (exact) mass is 433 g/mol. The molecule has 0 spiro atoms. The first-order chi connectivity index (χ1) is 15.4. The number of fused-ring (bicyclic) bond motifs is 1. The highest BCUT2D eigenvalue weighted by Crippen LogP contribution is 2.27. The van der Waals surface area contributed by atoms with Crippen LogP contribution in [0.5, 0.6) is 0 Å². The Hall–Kier alpha value is -3.99. The average Bonchev–Trinajstić information content (AvgIpc) is 3.04. The molecule has 0 radical (unpaired) electrons. The zero-order valence-electron chi connectivity index (χ0n) is 17.9. The molecule has 0 bridgehead atoms. The van der Waals surface area contributed by atoms with E-state index in [-0.39, 0.29) is 24.1 Å². The zero-order chi connectivity index (χ0) is 23.3. The number of nitrogens with zero attached hydrogens (tertiary/aromatic N) is 3. The molecule has 164 valence electrons. The molecule has 0 aromatic heterocycles. The number of anilines is 1. The molecule has 1 atom stereocenters. The van der Waals surface area contributed by atoms with Crippen molar-refractivity contribution in [2.75, 3.05) is 18.1 Å². The molecule has 2 aromatic carbocycles. The summed E-state index contributed by atoms with van der Waals surface area (Å²) in [7, 11) is 0. The minimum absolute atomic E-state index is 0.109. The molecule has 1 heterocycles. The number of carbonyl (C=O) groups is 4. The standard InChI is InChI=1S/C24H23N3O5/c1-16(2)21(27-22(29)18-11-6-7-12-19(18)23(27)30)24(31)32-15-20(28)26(14-8-13-25)17-9-4-3-5-10-17/h3-7,9-12,16,21H,8,14-15H2,1-2H3/t21-/m0/s1. The molecule has 1 aliphatic rings. The van der Waals surface area contributed by atoms with Crippen LogP contribution in [0.15, 0.2) is 54.6 Å². The molecule has 1 aliphatic heterocycles. The minimum atomic E-state index is -1.17. The fourth-order valence-electron chi connectivity index (χ4n) is 3.60. The van der Waals surface area contributed by atoms with Gasteiger partial charge in [0.2, 0.25) is 0 Å². The van der Waals surface area contributed by atoms with Crippen molar-refractivity contribution in [1.82, 2.24) is 4.90 Å². The highest BCUT2D eigenvalue weighted by atomic mass is 16.5. The van der Waals surface area contributed by atoms with Crippen LogP contribution >= 0.6 is 0 Å². The second kappa shape index (κ2) is 9.88. The van der Waals surface area contributed by atoms with Gasteiger partial charge in [0.25, 0.3) is 17.7 Å². The highest BCUT2D eigenvalue weighted by molar-refractivity contribution is 6.22. The second-order valence-electron chi connectivity index (χ2n) is 7.61. The second-order valence-corrected chi connectivity index (χ2v) is 7.61. The van der Waals surface area contributed by atoms with Gasteiger partial charge in [-0.2, -0.15) is 5.26 Å². The normalized spacial score (nSPS) is 13.5. The van der Waals surface area contributed by atoms with E-state index in [0.29, 0.717) is 5.69 Å². The first-order valence-corrected chi connectivity index (χ1v) is 10.2. The number of hydrogen-bond acceptors (Lipinski definition) is 6. The van der Waals surface area contributed by atoms with E-state index < -0.39 is 42.3 Å². The molecule has 3 amide bonds. The first-order valence-electron chi connectivity index (χ1n) is 10.2.